The summed E-state index contributed by atoms with van der Waals surface area (Å²) in [5.74, 6) is 1.25. The zero-order valence-corrected chi connectivity index (χ0v) is 13.1. The topological polar surface area (TPSA) is 47.6 Å². The Labute approximate surface area is 131 Å². The molecular weight excluding hydrogens is 278 g/mol. The van der Waals surface area contributed by atoms with Crippen molar-refractivity contribution in [2.45, 2.75) is 19.4 Å². The van der Waals surface area contributed by atoms with Crippen LogP contribution in [0.1, 0.15) is 35.3 Å². The van der Waals surface area contributed by atoms with Crippen LogP contribution in [0.5, 0.6) is 11.5 Å². The standard InChI is InChI=1S/C18H21NO3/c1-4-15(19-18(20)13-8-6-5-7-9-13)14-10-11-16(21-2)17(12-14)22-3/h5-12,15H,4H2,1-3H3,(H,19,20)/t15-/m1/s1. The fourth-order valence-electron chi connectivity index (χ4n) is 2.32. The molecule has 22 heavy (non-hydrogen) atoms. The largest absolute Gasteiger partial charge is 0.493 e. The van der Waals surface area contributed by atoms with Crippen LogP contribution in [0.2, 0.25) is 0 Å². The summed E-state index contributed by atoms with van der Waals surface area (Å²) >= 11 is 0. The second-order valence-corrected chi connectivity index (χ2v) is 4.91. The first-order chi connectivity index (χ1) is 10.7. The summed E-state index contributed by atoms with van der Waals surface area (Å²) in [7, 11) is 3.21. The average Bonchev–Trinajstić information content (AvgIpc) is 2.59. The number of carbonyl (C=O) groups excluding carboxylic acids is 1. The highest BCUT2D eigenvalue weighted by Crippen LogP contribution is 2.30. The minimum atomic E-state index is -0.0813. The SMILES string of the molecule is CC[C@@H](NC(=O)c1ccccc1)c1ccc(OC)c(OC)c1. The van der Waals surface area contributed by atoms with Crippen molar-refractivity contribution < 1.29 is 14.3 Å². The van der Waals surface area contributed by atoms with E-state index in [0.717, 1.165) is 12.0 Å². The van der Waals surface area contributed by atoms with Crippen molar-refractivity contribution in [2.75, 3.05) is 14.2 Å². The Morgan fingerprint density at radius 3 is 2.32 bits per heavy atom. The van der Waals surface area contributed by atoms with E-state index in [1.165, 1.54) is 0 Å². The van der Waals surface area contributed by atoms with Gasteiger partial charge in [0.25, 0.3) is 5.91 Å². The summed E-state index contributed by atoms with van der Waals surface area (Å²) in [6.07, 6.45) is 0.786. The van der Waals surface area contributed by atoms with Gasteiger partial charge in [0.15, 0.2) is 11.5 Å². The molecule has 0 aliphatic carbocycles. The molecule has 0 bridgehead atoms. The van der Waals surface area contributed by atoms with Gasteiger partial charge in [-0.2, -0.15) is 0 Å². The van der Waals surface area contributed by atoms with E-state index in [-0.39, 0.29) is 11.9 Å². The molecule has 0 fully saturated rings. The van der Waals surface area contributed by atoms with Gasteiger partial charge in [0, 0.05) is 5.56 Å². The molecule has 0 aliphatic heterocycles. The highest BCUT2D eigenvalue weighted by Gasteiger charge is 2.16. The highest BCUT2D eigenvalue weighted by molar-refractivity contribution is 5.94. The molecule has 2 rings (SSSR count). The van der Waals surface area contributed by atoms with Gasteiger partial charge in [0.1, 0.15) is 0 Å². The number of methoxy groups -OCH3 is 2. The molecule has 1 amide bonds. The minimum absolute atomic E-state index is 0.0764. The molecule has 2 aromatic rings. The maximum absolute atomic E-state index is 12.3. The third-order valence-electron chi connectivity index (χ3n) is 3.56. The van der Waals surface area contributed by atoms with E-state index in [4.69, 9.17) is 9.47 Å². The summed E-state index contributed by atoms with van der Waals surface area (Å²) in [6, 6.07) is 14.8. The molecule has 0 aromatic heterocycles. The number of benzene rings is 2. The van der Waals surface area contributed by atoms with Gasteiger partial charge in [-0.15, -0.1) is 0 Å². The molecule has 0 unspecified atom stereocenters. The Bertz CT molecular complexity index is 625. The summed E-state index contributed by atoms with van der Waals surface area (Å²) < 4.78 is 10.6. The lowest BCUT2D eigenvalue weighted by Crippen LogP contribution is -2.28. The van der Waals surface area contributed by atoms with Gasteiger partial charge in [-0.05, 0) is 36.2 Å². The lowest BCUT2D eigenvalue weighted by atomic mass is 10.0. The molecule has 4 heteroatoms. The fourth-order valence-corrected chi connectivity index (χ4v) is 2.32. The van der Waals surface area contributed by atoms with Crippen LogP contribution in [0.3, 0.4) is 0 Å². The van der Waals surface area contributed by atoms with Crippen molar-refractivity contribution in [1.82, 2.24) is 5.32 Å². The summed E-state index contributed by atoms with van der Waals surface area (Å²) in [5, 5.41) is 3.05. The van der Waals surface area contributed by atoms with E-state index >= 15 is 0 Å². The monoisotopic (exact) mass is 299 g/mol. The van der Waals surface area contributed by atoms with Crippen LogP contribution >= 0.6 is 0 Å². The van der Waals surface area contributed by atoms with Gasteiger partial charge in [0.05, 0.1) is 20.3 Å². The predicted octanol–water partition coefficient (Wildman–Crippen LogP) is 3.58. The normalized spacial score (nSPS) is 11.6. The van der Waals surface area contributed by atoms with E-state index in [2.05, 4.69) is 5.32 Å². The lowest BCUT2D eigenvalue weighted by Gasteiger charge is -2.19. The lowest BCUT2D eigenvalue weighted by molar-refractivity contribution is 0.0935. The molecule has 116 valence electrons. The number of hydrogen-bond donors (Lipinski definition) is 1. The molecule has 0 saturated carbocycles. The van der Waals surface area contributed by atoms with Crippen LogP contribution in [-0.4, -0.2) is 20.1 Å². The highest BCUT2D eigenvalue weighted by atomic mass is 16.5. The van der Waals surface area contributed by atoms with Gasteiger partial charge >= 0.3 is 0 Å². The van der Waals surface area contributed by atoms with Gasteiger partial charge in [-0.25, -0.2) is 0 Å². The van der Waals surface area contributed by atoms with E-state index < -0.39 is 0 Å². The van der Waals surface area contributed by atoms with E-state index in [1.54, 1.807) is 26.4 Å². The van der Waals surface area contributed by atoms with Crippen molar-refractivity contribution in [3.05, 3.63) is 59.7 Å². The Morgan fingerprint density at radius 2 is 1.73 bits per heavy atom. The van der Waals surface area contributed by atoms with E-state index in [9.17, 15) is 4.79 Å². The number of hydrogen-bond acceptors (Lipinski definition) is 3. The number of nitrogens with one attached hydrogen (secondary N) is 1. The van der Waals surface area contributed by atoms with Crippen molar-refractivity contribution in [3.8, 4) is 11.5 Å². The van der Waals surface area contributed by atoms with Crippen molar-refractivity contribution in [2.24, 2.45) is 0 Å². The average molecular weight is 299 g/mol. The van der Waals surface area contributed by atoms with Gasteiger partial charge in [-0.1, -0.05) is 31.2 Å². The number of rotatable bonds is 6. The van der Waals surface area contributed by atoms with E-state index in [1.807, 2.05) is 43.3 Å². The third-order valence-corrected chi connectivity index (χ3v) is 3.56. The van der Waals surface area contributed by atoms with Crippen LogP contribution in [0.15, 0.2) is 48.5 Å². The Hall–Kier alpha value is -2.49. The van der Waals surface area contributed by atoms with E-state index in [0.29, 0.717) is 17.1 Å². The fraction of sp³-hybridized carbons (Fsp3) is 0.278. The molecule has 0 spiro atoms. The molecule has 2 aromatic carbocycles. The first-order valence-corrected chi connectivity index (χ1v) is 7.27. The molecule has 0 aliphatic rings. The van der Waals surface area contributed by atoms with Crippen LogP contribution < -0.4 is 14.8 Å². The molecule has 0 saturated heterocycles. The quantitative estimate of drug-likeness (QED) is 0.887. The van der Waals surface area contributed by atoms with Crippen LogP contribution in [-0.2, 0) is 0 Å². The summed E-state index contributed by atoms with van der Waals surface area (Å²) in [6.45, 7) is 2.03. The van der Waals surface area contributed by atoms with Crippen LogP contribution in [0, 0.1) is 0 Å². The van der Waals surface area contributed by atoms with Crippen LogP contribution in [0.25, 0.3) is 0 Å². The summed E-state index contributed by atoms with van der Waals surface area (Å²) in [5.41, 5.74) is 1.64. The van der Waals surface area contributed by atoms with Crippen molar-refractivity contribution in [3.63, 3.8) is 0 Å². The molecule has 0 radical (unpaired) electrons. The predicted molar refractivity (Wildman–Crippen MR) is 86.5 cm³/mol. The van der Waals surface area contributed by atoms with Gasteiger partial charge in [0.2, 0.25) is 0 Å². The van der Waals surface area contributed by atoms with Gasteiger partial charge < -0.3 is 14.8 Å². The molecule has 1 atom stereocenters. The molecular formula is C18H21NO3. The maximum atomic E-state index is 12.3. The first kappa shape index (κ1) is 15.9. The number of carbonyl (C=O) groups is 1. The van der Waals surface area contributed by atoms with Crippen molar-refractivity contribution >= 4 is 5.91 Å². The Morgan fingerprint density at radius 1 is 1.05 bits per heavy atom. The zero-order chi connectivity index (χ0) is 15.9. The molecule has 1 N–H and O–H groups in total. The summed E-state index contributed by atoms with van der Waals surface area (Å²) in [4.78, 5) is 12.3. The number of ether oxygens (including phenoxy) is 2. The Balaban J connectivity index is 2.20. The minimum Gasteiger partial charge on any atom is -0.493 e. The van der Waals surface area contributed by atoms with Crippen LogP contribution in [0.4, 0.5) is 0 Å². The first-order valence-electron chi connectivity index (χ1n) is 7.27. The zero-order valence-electron chi connectivity index (χ0n) is 13.1. The Kier molecular flexibility index (Phi) is 5.42. The maximum Gasteiger partial charge on any atom is 0.251 e. The van der Waals surface area contributed by atoms with Crippen molar-refractivity contribution in [1.29, 1.82) is 0 Å². The molecule has 0 heterocycles. The smallest absolute Gasteiger partial charge is 0.251 e. The second-order valence-electron chi connectivity index (χ2n) is 4.91. The second kappa shape index (κ2) is 7.50. The van der Waals surface area contributed by atoms with Gasteiger partial charge in [-0.3, -0.25) is 4.79 Å². The molecule has 4 nitrogen and oxygen atoms in total. The third kappa shape index (κ3) is 3.58. The number of amides is 1.